The number of anilines is 1. The van der Waals surface area contributed by atoms with E-state index in [1.165, 1.54) is 11.3 Å². The lowest BCUT2D eigenvalue weighted by atomic mass is 10.1. The minimum Gasteiger partial charge on any atom is -0.374 e. The van der Waals surface area contributed by atoms with Crippen molar-refractivity contribution >= 4 is 5.69 Å². The molecule has 0 bridgehead atoms. The highest BCUT2D eigenvalue weighted by Crippen LogP contribution is 2.19. The molecule has 4 nitrogen and oxygen atoms in total. The molecule has 1 aromatic carbocycles. The maximum absolute atomic E-state index is 5.90. The SMILES string of the molecule is Cc1cccc(N2CCN(C(C)C3CNCCO3)CC2)c1. The molecule has 1 aromatic rings. The van der Waals surface area contributed by atoms with Crippen LogP contribution in [-0.2, 0) is 4.74 Å². The fourth-order valence-corrected chi connectivity index (χ4v) is 3.34. The molecule has 3 rings (SSSR count). The van der Waals surface area contributed by atoms with Crippen LogP contribution in [0.2, 0.25) is 0 Å². The minimum atomic E-state index is 0.337. The topological polar surface area (TPSA) is 27.7 Å². The Morgan fingerprint density at radius 1 is 1.24 bits per heavy atom. The van der Waals surface area contributed by atoms with Gasteiger partial charge in [-0.05, 0) is 31.5 Å². The van der Waals surface area contributed by atoms with Crippen LogP contribution in [0.1, 0.15) is 12.5 Å². The molecular formula is C17H27N3O. The van der Waals surface area contributed by atoms with Gasteiger partial charge in [-0.2, -0.15) is 0 Å². The third-order valence-electron chi connectivity index (χ3n) is 4.75. The number of morpholine rings is 1. The Balaban J connectivity index is 1.54. The van der Waals surface area contributed by atoms with Gasteiger partial charge in [-0.1, -0.05) is 12.1 Å². The number of aryl methyl sites for hydroxylation is 1. The van der Waals surface area contributed by atoms with Crippen molar-refractivity contribution in [3.63, 3.8) is 0 Å². The largest absolute Gasteiger partial charge is 0.374 e. The first-order valence-corrected chi connectivity index (χ1v) is 8.12. The van der Waals surface area contributed by atoms with Crippen LogP contribution in [-0.4, -0.2) is 62.9 Å². The summed E-state index contributed by atoms with van der Waals surface area (Å²) in [5.74, 6) is 0. The molecule has 116 valence electrons. The zero-order valence-corrected chi connectivity index (χ0v) is 13.2. The summed E-state index contributed by atoms with van der Waals surface area (Å²) >= 11 is 0. The van der Waals surface area contributed by atoms with Crippen molar-refractivity contribution in [1.29, 1.82) is 0 Å². The average molecular weight is 289 g/mol. The van der Waals surface area contributed by atoms with Crippen LogP contribution in [0.3, 0.4) is 0 Å². The lowest BCUT2D eigenvalue weighted by Gasteiger charge is -2.42. The molecule has 2 atom stereocenters. The van der Waals surface area contributed by atoms with Crippen molar-refractivity contribution in [3.8, 4) is 0 Å². The summed E-state index contributed by atoms with van der Waals surface area (Å²) in [5, 5.41) is 3.43. The highest BCUT2D eigenvalue weighted by molar-refractivity contribution is 5.48. The summed E-state index contributed by atoms with van der Waals surface area (Å²) in [6.07, 6.45) is 0.337. The van der Waals surface area contributed by atoms with Gasteiger partial charge in [0.2, 0.25) is 0 Å². The van der Waals surface area contributed by atoms with Gasteiger partial charge in [-0.3, -0.25) is 4.90 Å². The van der Waals surface area contributed by atoms with Gasteiger partial charge in [0.25, 0.3) is 0 Å². The molecule has 0 radical (unpaired) electrons. The van der Waals surface area contributed by atoms with Gasteiger partial charge < -0.3 is 15.0 Å². The second-order valence-corrected chi connectivity index (χ2v) is 6.22. The van der Waals surface area contributed by atoms with Crippen LogP contribution in [0.25, 0.3) is 0 Å². The molecule has 2 unspecified atom stereocenters. The number of piperazine rings is 1. The molecule has 2 aliphatic rings. The van der Waals surface area contributed by atoms with E-state index in [0.29, 0.717) is 12.1 Å². The summed E-state index contributed by atoms with van der Waals surface area (Å²) in [4.78, 5) is 5.07. The van der Waals surface area contributed by atoms with Crippen LogP contribution < -0.4 is 10.2 Å². The summed E-state index contributed by atoms with van der Waals surface area (Å²) < 4.78 is 5.90. The Hall–Kier alpha value is -1.10. The van der Waals surface area contributed by atoms with Crippen molar-refractivity contribution in [2.45, 2.75) is 26.0 Å². The summed E-state index contributed by atoms with van der Waals surface area (Å²) in [7, 11) is 0. The van der Waals surface area contributed by atoms with E-state index in [4.69, 9.17) is 4.74 Å². The lowest BCUT2D eigenvalue weighted by Crippen LogP contribution is -2.56. The Morgan fingerprint density at radius 2 is 2.05 bits per heavy atom. The van der Waals surface area contributed by atoms with E-state index in [2.05, 4.69) is 53.2 Å². The fraction of sp³-hybridized carbons (Fsp3) is 0.647. The van der Waals surface area contributed by atoms with Crippen molar-refractivity contribution in [2.24, 2.45) is 0 Å². The zero-order valence-electron chi connectivity index (χ0n) is 13.2. The van der Waals surface area contributed by atoms with Gasteiger partial charge >= 0.3 is 0 Å². The number of nitrogens with one attached hydrogen (secondary N) is 1. The first-order valence-electron chi connectivity index (χ1n) is 8.12. The number of ether oxygens (including phenoxy) is 1. The van der Waals surface area contributed by atoms with Gasteiger partial charge in [-0.25, -0.2) is 0 Å². The predicted octanol–water partition coefficient (Wildman–Crippen LogP) is 1.49. The van der Waals surface area contributed by atoms with Crippen molar-refractivity contribution in [3.05, 3.63) is 29.8 Å². The van der Waals surface area contributed by atoms with Gasteiger partial charge in [0.1, 0.15) is 0 Å². The third kappa shape index (κ3) is 3.57. The van der Waals surface area contributed by atoms with Gasteiger partial charge in [-0.15, -0.1) is 0 Å². The molecular weight excluding hydrogens is 262 g/mol. The van der Waals surface area contributed by atoms with E-state index in [9.17, 15) is 0 Å². The highest BCUT2D eigenvalue weighted by atomic mass is 16.5. The molecule has 0 saturated carbocycles. The van der Waals surface area contributed by atoms with Gasteiger partial charge in [0.05, 0.1) is 12.7 Å². The predicted molar refractivity (Wildman–Crippen MR) is 87.0 cm³/mol. The number of benzene rings is 1. The summed E-state index contributed by atoms with van der Waals surface area (Å²) in [6.45, 7) is 11.7. The molecule has 0 aliphatic carbocycles. The van der Waals surface area contributed by atoms with E-state index >= 15 is 0 Å². The quantitative estimate of drug-likeness (QED) is 0.912. The Kier molecular flexibility index (Phi) is 4.78. The lowest BCUT2D eigenvalue weighted by molar-refractivity contribution is -0.0272. The number of hydrogen-bond acceptors (Lipinski definition) is 4. The molecule has 2 heterocycles. The van der Waals surface area contributed by atoms with Crippen LogP contribution in [0.5, 0.6) is 0 Å². The first-order chi connectivity index (χ1) is 10.2. The molecule has 2 fully saturated rings. The van der Waals surface area contributed by atoms with E-state index in [1.807, 2.05) is 0 Å². The van der Waals surface area contributed by atoms with Crippen molar-refractivity contribution in [2.75, 3.05) is 50.8 Å². The average Bonchev–Trinajstić information content (AvgIpc) is 2.55. The molecule has 1 N–H and O–H groups in total. The highest BCUT2D eigenvalue weighted by Gasteiger charge is 2.28. The second-order valence-electron chi connectivity index (χ2n) is 6.22. The summed E-state index contributed by atoms with van der Waals surface area (Å²) in [6, 6.07) is 9.32. The molecule has 0 spiro atoms. The fourth-order valence-electron chi connectivity index (χ4n) is 3.34. The van der Waals surface area contributed by atoms with Gasteiger partial charge in [0, 0.05) is 51.0 Å². The Morgan fingerprint density at radius 3 is 2.71 bits per heavy atom. The van der Waals surface area contributed by atoms with Crippen molar-refractivity contribution < 1.29 is 4.74 Å². The zero-order chi connectivity index (χ0) is 14.7. The van der Waals surface area contributed by atoms with Crippen LogP contribution in [0, 0.1) is 6.92 Å². The van der Waals surface area contributed by atoms with Crippen LogP contribution in [0.4, 0.5) is 5.69 Å². The van der Waals surface area contributed by atoms with E-state index in [0.717, 1.165) is 45.9 Å². The molecule has 21 heavy (non-hydrogen) atoms. The Labute approximate surface area is 128 Å². The number of hydrogen-bond donors (Lipinski definition) is 1. The molecule has 0 aromatic heterocycles. The number of nitrogens with zero attached hydrogens (tertiary/aromatic N) is 2. The third-order valence-corrected chi connectivity index (χ3v) is 4.75. The van der Waals surface area contributed by atoms with Crippen LogP contribution >= 0.6 is 0 Å². The molecule has 0 amide bonds. The number of rotatable bonds is 3. The monoisotopic (exact) mass is 289 g/mol. The standard InChI is InChI=1S/C17H27N3O/c1-14-4-3-5-16(12-14)20-9-7-19(8-10-20)15(2)17-13-18-6-11-21-17/h3-5,12,15,17-18H,6-11,13H2,1-2H3. The second kappa shape index (κ2) is 6.77. The Bertz CT molecular complexity index is 451. The molecule has 4 heteroatoms. The summed E-state index contributed by atoms with van der Waals surface area (Å²) in [5.41, 5.74) is 2.70. The smallest absolute Gasteiger partial charge is 0.0852 e. The first kappa shape index (κ1) is 14.8. The molecule has 2 saturated heterocycles. The molecule has 2 aliphatic heterocycles. The van der Waals surface area contributed by atoms with E-state index in [-0.39, 0.29) is 0 Å². The minimum absolute atomic E-state index is 0.337. The van der Waals surface area contributed by atoms with Gasteiger partial charge in [0.15, 0.2) is 0 Å². The maximum Gasteiger partial charge on any atom is 0.0852 e. The van der Waals surface area contributed by atoms with E-state index in [1.54, 1.807) is 0 Å². The van der Waals surface area contributed by atoms with Crippen molar-refractivity contribution in [1.82, 2.24) is 10.2 Å². The van der Waals surface area contributed by atoms with Crippen LogP contribution in [0.15, 0.2) is 24.3 Å². The normalized spacial score (nSPS) is 25.8. The van der Waals surface area contributed by atoms with E-state index < -0.39 is 0 Å². The maximum atomic E-state index is 5.90.